The fraction of sp³-hybridized carbons (Fsp3) is 0.857. The molecule has 0 aromatic heterocycles. The van der Waals surface area contributed by atoms with Gasteiger partial charge in [-0.2, -0.15) is 0 Å². The van der Waals surface area contributed by atoms with Crippen LogP contribution in [0, 0.1) is 0 Å². The zero-order valence-electron chi connectivity index (χ0n) is 6.29. The number of aliphatic hydroxyl groups is 1. The second kappa shape index (κ2) is 3.78. The predicted octanol–water partition coefficient (Wildman–Crippen LogP) is -0.408. The molecule has 4 heteroatoms. The Hall–Kier alpha value is -0.480. The molecule has 1 N–H and O–H groups in total. The van der Waals surface area contributed by atoms with Crippen molar-refractivity contribution in [3.8, 4) is 0 Å². The largest absolute Gasteiger partial charge is 0.389 e. The molecular weight excluding hydrogens is 149 g/mol. The Balaban J connectivity index is 2.22. The summed E-state index contributed by atoms with van der Waals surface area (Å²) in [5.74, 6) is 0.177. The highest BCUT2D eigenvalue weighted by atomic mass is 19.1. The van der Waals surface area contributed by atoms with E-state index in [1.54, 1.807) is 4.90 Å². The van der Waals surface area contributed by atoms with E-state index in [1.807, 2.05) is 0 Å². The van der Waals surface area contributed by atoms with Crippen LogP contribution in [0.15, 0.2) is 0 Å². The van der Waals surface area contributed by atoms with Crippen LogP contribution in [0.5, 0.6) is 0 Å². The number of nitrogens with zero attached hydrogens (tertiary/aromatic N) is 1. The molecule has 0 bridgehead atoms. The van der Waals surface area contributed by atoms with Crippen molar-refractivity contribution in [2.45, 2.75) is 12.5 Å². The highest BCUT2D eigenvalue weighted by molar-refractivity contribution is 5.82. The molecule has 0 spiro atoms. The molecule has 0 aromatic rings. The lowest BCUT2D eigenvalue weighted by Crippen LogP contribution is -2.31. The maximum absolute atomic E-state index is 11.8. The van der Waals surface area contributed by atoms with Gasteiger partial charge in [0, 0.05) is 19.5 Å². The smallest absolute Gasteiger partial charge is 0.148 e. The second-order valence-electron chi connectivity index (χ2n) is 2.83. The third-order valence-electron chi connectivity index (χ3n) is 1.75. The van der Waals surface area contributed by atoms with Gasteiger partial charge in [-0.3, -0.25) is 9.69 Å². The van der Waals surface area contributed by atoms with Crippen LogP contribution in [0.2, 0.25) is 0 Å². The van der Waals surface area contributed by atoms with E-state index in [0.717, 1.165) is 0 Å². The first-order valence-electron chi connectivity index (χ1n) is 3.70. The molecule has 0 radical (unpaired) electrons. The fourth-order valence-electron chi connectivity index (χ4n) is 1.19. The van der Waals surface area contributed by atoms with Crippen molar-refractivity contribution in [1.82, 2.24) is 4.90 Å². The number of carbonyl (C=O) groups is 1. The van der Waals surface area contributed by atoms with E-state index >= 15 is 0 Å². The lowest BCUT2D eigenvalue weighted by Gasteiger charge is -2.15. The Kier molecular flexibility index (Phi) is 2.96. The number of hydrogen-bond donors (Lipinski definition) is 1. The summed E-state index contributed by atoms with van der Waals surface area (Å²) < 4.78 is 11.8. The summed E-state index contributed by atoms with van der Waals surface area (Å²) in [5.41, 5.74) is 0. The molecule has 0 aromatic carbocycles. The highest BCUT2D eigenvalue weighted by Gasteiger charge is 2.20. The lowest BCUT2D eigenvalue weighted by molar-refractivity contribution is -0.117. The Morgan fingerprint density at radius 2 is 2.45 bits per heavy atom. The number of alkyl halides is 1. The molecular formula is C7H12FNO2. The number of ketones is 1. The van der Waals surface area contributed by atoms with Crippen LogP contribution in [-0.4, -0.2) is 48.2 Å². The van der Waals surface area contributed by atoms with Crippen molar-refractivity contribution in [2.75, 3.05) is 26.3 Å². The van der Waals surface area contributed by atoms with Gasteiger partial charge in [-0.15, -0.1) is 0 Å². The van der Waals surface area contributed by atoms with Crippen molar-refractivity contribution < 1.29 is 14.3 Å². The standard InChI is InChI=1S/C7H12FNO2/c8-3-7(11)5-9-2-1-6(10)4-9/h7,11H,1-5H2. The maximum Gasteiger partial charge on any atom is 0.148 e. The van der Waals surface area contributed by atoms with Crippen molar-refractivity contribution in [2.24, 2.45) is 0 Å². The van der Waals surface area contributed by atoms with E-state index in [0.29, 0.717) is 19.5 Å². The van der Waals surface area contributed by atoms with Crippen molar-refractivity contribution in [1.29, 1.82) is 0 Å². The quantitative estimate of drug-likeness (QED) is 0.611. The summed E-state index contributed by atoms with van der Waals surface area (Å²) in [7, 11) is 0. The van der Waals surface area contributed by atoms with Gasteiger partial charge in [0.2, 0.25) is 0 Å². The number of likely N-dealkylation sites (tertiary alicyclic amines) is 1. The number of aliphatic hydroxyl groups excluding tert-OH is 1. The molecule has 1 atom stereocenters. The number of rotatable bonds is 3. The molecule has 0 aliphatic carbocycles. The summed E-state index contributed by atoms with van der Waals surface area (Å²) in [4.78, 5) is 12.5. The molecule has 0 amide bonds. The number of carbonyl (C=O) groups excluding carboxylic acids is 1. The molecule has 1 aliphatic heterocycles. The SMILES string of the molecule is O=C1CCN(CC(O)CF)C1. The highest BCUT2D eigenvalue weighted by Crippen LogP contribution is 2.04. The Bertz CT molecular complexity index is 151. The normalized spacial score (nSPS) is 22.5. The average Bonchev–Trinajstić information content (AvgIpc) is 2.35. The second-order valence-corrected chi connectivity index (χ2v) is 2.83. The summed E-state index contributed by atoms with van der Waals surface area (Å²) in [6.07, 6.45) is -0.389. The predicted molar refractivity (Wildman–Crippen MR) is 38.0 cm³/mol. The number of Topliss-reactive ketones (excluding diaryl/α,β-unsaturated/α-hetero) is 1. The minimum atomic E-state index is -0.930. The molecule has 1 fully saturated rings. The van der Waals surface area contributed by atoms with E-state index in [1.165, 1.54) is 0 Å². The summed E-state index contributed by atoms with van der Waals surface area (Å²) in [6.45, 7) is 0.583. The first-order valence-corrected chi connectivity index (χ1v) is 3.70. The zero-order valence-corrected chi connectivity index (χ0v) is 6.29. The fourth-order valence-corrected chi connectivity index (χ4v) is 1.19. The van der Waals surface area contributed by atoms with E-state index in [-0.39, 0.29) is 12.3 Å². The molecule has 1 saturated heterocycles. The van der Waals surface area contributed by atoms with E-state index in [2.05, 4.69) is 0 Å². The Morgan fingerprint density at radius 1 is 1.73 bits per heavy atom. The number of β-amino-alcohol motifs (C(OH)–C–C–N with tert-alkyl or cyclic N) is 1. The van der Waals surface area contributed by atoms with Gasteiger partial charge >= 0.3 is 0 Å². The first kappa shape index (κ1) is 8.62. The third kappa shape index (κ3) is 2.55. The molecule has 11 heavy (non-hydrogen) atoms. The van der Waals surface area contributed by atoms with Crippen LogP contribution in [0.4, 0.5) is 4.39 Å². The van der Waals surface area contributed by atoms with Gasteiger partial charge in [0.05, 0.1) is 12.6 Å². The minimum Gasteiger partial charge on any atom is -0.389 e. The van der Waals surface area contributed by atoms with Crippen LogP contribution in [0.3, 0.4) is 0 Å². The van der Waals surface area contributed by atoms with Gasteiger partial charge in [-0.05, 0) is 0 Å². The van der Waals surface area contributed by atoms with Gasteiger partial charge in [0.15, 0.2) is 0 Å². The maximum atomic E-state index is 11.8. The van der Waals surface area contributed by atoms with Crippen LogP contribution in [0.1, 0.15) is 6.42 Å². The topological polar surface area (TPSA) is 40.5 Å². The van der Waals surface area contributed by atoms with Gasteiger partial charge in [0.25, 0.3) is 0 Å². The number of halogens is 1. The zero-order chi connectivity index (χ0) is 8.27. The van der Waals surface area contributed by atoms with Gasteiger partial charge in [0.1, 0.15) is 12.5 Å². The lowest BCUT2D eigenvalue weighted by atomic mass is 10.3. The molecule has 3 nitrogen and oxygen atoms in total. The van der Waals surface area contributed by atoms with Gasteiger partial charge in [-0.1, -0.05) is 0 Å². The molecule has 64 valence electrons. The van der Waals surface area contributed by atoms with Crippen molar-refractivity contribution in [3.63, 3.8) is 0 Å². The van der Waals surface area contributed by atoms with Crippen molar-refractivity contribution in [3.05, 3.63) is 0 Å². The Labute approximate surface area is 64.8 Å². The summed E-state index contributed by atoms with van der Waals surface area (Å²) in [6, 6.07) is 0. The van der Waals surface area contributed by atoms with Gasteiger partial charge < -0.3 is 5.11 Å². The number of hydrogen-bond acceptors (Lipinski definition) is 3. The minimum absolute atomic E-state index is 0.177. The van der Waals surface area contributed by atoms with Gasteiger partial charge in [-0.25, -0.2) is 4.39 Å². The molecule has 1 rings (SSSR count). The first-order chi connectivity index (χ1) is 5.22. The van der Waals surface area contributed by atoms with E-state index < -0.39 is 12.8 Å². The van der Waals surface area contributed by atoms with Crippen molar-refractivity contribution >= 4 is 5.78 Å². The van der Waals surface area contributed by atoms with Crippen LogP contribution in [-0.2, 0) is 4.79 Å². The van der Waals surface area contributed by atoms with Crippen LogP contribution < -0.4 is 0 Å². The van der Waals surface area contributed by atoms with Crippen LogP contribution >= 0.6 is 0 Å². The molecule has 1 unspecified atom stereocenters. The molecule has 1 aliphatic rings. The Morgan fingerprint density at radius 3 is 2.91 bits per heavy atom. The monoisotopic (exact) mass is 161 g/mol. The van der Waals surface area contributed by atoms with E-state index in [9.17, 15) is 9.18 Å². The third-order valence-corrected chi connectivity index (χ3v) is 1.75. The van der Waals surface area contributed by atoms with Crippen LogP contribution in [0.25, 0.3) is 0 Å². The molecule has 0 saturated carbocycles. The van der Waals surface area contributed by atoms with E-state index in [4.69, 9.17) is 5.11 Å². The average molecular weight is 161 g/mol. The molecule has 1 heterocycles. The summed E-state index contributed by atoms with van der Waals surface area (Å²) in [5, 5.41) is 8.88. The summed E-state index contributed by atoms with van der Waals surface area (Å²) >= 11 is 0.